The molecular weight excluding hydrogens is 374 g/mol. The Hall–Kier alpha value is -1.51. The summed E-state index contributed by atoms with van der Waals surface area (Å²) in [7, 11) is 1.69. The maximum atomic E-state index is 12.3. The lowest BCUT2D eigenvalue weighted by atomic mass is 10.4. The first-order chi connectivity index (χ1) is 10.1. The van der Waals surface area contributed by atoms with Crippen LogP contribution >= 0.6 is 38.6 Å². The predicted octanol–water partition coefficient (Wildman–Crippen LogP) is 3.08. The fourth-order valence-corrected chi connectivity index (χ4v) is 4.17. The Morgan fingerprint density at radius 1 is 1.38 bits per heavy atom. The number of fused-ring (bicyclic) bond motifs is 1. The van der Waals surface area contributed by atoms with Crippen molar-refractivity contribution in [2.45, 2.75) is 6.54 Å². The zero-order valence-electron chi connectivity index (χ0n) is 10.9. The van der Waals surface area contributed by atoms with E-state index in [4.69, 9.17) is 0 Å². The van der Waals surface area contributed by atoms with Gasteiger partial charge < -0.3 is 9.88 Å². The topological polar surface area (TPSA) is 66.1 Å². The molecule has 3 rings (SSSR count). The van der Waals surface area contributed by atoms with E-state index in [9.17, 15) is 9.59 Å². The zero-order valence-corrected chi connectivity index (χ0v) is 14.1. The number of H-pyrrole nitrogens is 1. The highest BCUT2D eigenvalue weighted by molar-refractivity contribution is 9.10. The number of amides is 1. The highest BCUT2D eigenvalue weighted by atomic mass is 79.9. The number of carbonyl (C=O) groups excluding carboxylic acids is 1. The molecule has 0 saturated carbocycles. The van der Waals surface area contributed by atoms with Gasteiger partial charge in [-0.1, -0.05) is 0 Å². The lowest BCUT2D eigenvalue weighted by molar-refractivity contribution is 0.0785. The van der Waals surface area contributed by atoms with Gasteiger partial charge in [0.2, 0.25) is 0 Å². The average Bonchev–Trinajstić information content (AvgIpc) is 3.06. The third-order valence-electron chi connectivity index (χ3n) is 2.91. The van der Waals surface area contributed by atoms with E-state index in [1.54, 1.807) is 13.1 Å². The standard InChI is InChI=1S/C13H10BrN3O2S2/c1-17(13(19)10-7(14)2-4-20-10)6-9-15-8-3-5-21-11(8)12(18)16-9/h2-5H,6H2,1H3,(H,15,16,18). The van der Waals surface area contributed by atoms with Gasteiger partial charge in [-0.05, 0) is 38.8 Å². The van der Waals surface area contributed by atoms with Gasteiger partial charge in [-0.15, -0.1) is 22.7 Å². The maximum Gasteiger partial charge on any atom is 0.268 e. The molecule has 5 nitrogen and oxygen atoms in total. The molecule has 0 saturated heterocycles. The minimum absolute atomic E-state index is 0.107. The molecule has 0 fully saturated rings. The molecule has 0 bridgehead atoms. The molecule has 0 atom stereocenters. The Morgan fingerprint density at radius 2 is 2.14 bits per heavy atom. The molecule has 21 heavy (non-hydrogen) atoms. The van der Waals surface area contributed by atoms with E-state index in [0.717, 1.165) is 4.47 Å². The van der Waals surface area contributed by atoms with Gasteiger partial charge in [-0.2, -0.15) is 0 Å². The second-order valence-electron chi connectivity index (χ2n) is 4.41. The second kappa shape index (κ2) is 5.70. The number of aromatic amines is 1. The summed E-state index contributed by atoms with van der Waals surface area (Å²) in [6.45, 7) is 0.254. The van der Waals surface area contributed by atoms with Crippen molar-refractivity contribution < 1.29 is 4.79 Å². The van der Waals surface area contributed by atoms with Crippen molar-refractivity contribution in [3.8, 4) is 0 Å². The van der Waals surface area contributed by atoms with Crippen LogP contribution in [-0.4, -0.2) is 27.8 Å². The minimum Gasteiger partial charge on any atom is -0.334 e. The van der Waals surface area contributed by atoms with Gasteiger partial charge in [-0.3, -0.25) is 9.59 Å². The number of carbonyl (C=O) groups is 1. The van der Waals surface area contributed by atoms with Crippen LogP contribution in [0.4, 0.5) is 0 Å². The lowest BCUT2D eigenvalue weighted by Gasteiger charge is -2.15. The number of aromatic nitrogens is 2. The van der Waals surface area contributed by atoms with Gasteiger partial charge in [0.05, 0.1) is 12.1 Å². The molecule has 0 aromatic carbocycles. The average molecular weight is 384 g/mol. The van der Waals surface area contributed by atoms with Crippen LogP contribution in [0.15, 0.2) is 32.2 Å². The van der Waals surface area contributed by atoms with E-state index in [1.807, 2.05) is 16.8 Å². The van der Waals surface area contributed by atoms with E-state index in [-0.39, 0.29) is 18.0 Å². The summed E-state index contributed by atoms with van der Waals surface area (Å²) >= 11 is 6.08. The van der Waals surface area contributed by atoms with Crippen LogP contribution in [0.1, 0.15) is 15.5 Å². The lowest BCUT2D eigenvalue weighted by Crippen LogP contribution is -2.27. The minimum atomic E-state index is -0.164. The number of nitrogens with one attached hydrogen (secondary N) is 1. The van der Waals surface area contributed by atoms with Gasteiger partial charge in [0, 0.05) is 11.5 Å². The highest BCUT2D eigenvalue weighted by Crippen LogP contribution is 2.24. The van der Waals surface area contributed by atoms with Crippen molar-refractivity contribution in [1.29, 1.82) is 0 Å². The van der Waals surface area contributed by atoms with Crippen molar-refractivity contribution >= 4 is 54.7 Å². The highest BCUT2D eigenvalue weighted by Gasteiger charge is 2.17. The molecule has 0 aliphatic rings. The third-order valence-corrected chi connectivity index (χ3v) is 5.64. The number of hydrogen-bond acceptors (Lipinski definition) is 5. The van der Waals surface area contributed by atoms with Crippen molar-refractivity contribution in [3.05, 3.63) is 48.4 Å². The van der Waals surface area contributed by atoms with E-state index in [2.05, 4.69) is 25.9 Å². The van der Waals surface area contributed by atoms with Crippen molar-refractivity contribution in [2.75, 3.05) is 7.05 Å². The molecule has 3 aromatic heterocycles. The van der Waals surface area contributed by atoms with E-state index in [1.165, 1.54) is 27.6 Å². The number of nitrogens with zero attached hydrogens (tertiary/aromatic N) is 2. The van der Waals surface area contributed by atoms with Crippen LogP contribution in [0.2, 0.25) is 0 Å². The van der Waals surface area contributed by atoms with Gasteiger partial charge in [0.25, 0.3) is 11.5 Å². The van der Waals surface area contributed by atoms with E-state index < -0.39 is 0 Å². The molecule has 0 aliphatic carbocycles. The maximum absolute atomic E-state index is 12.3. The normalized spacial score (nSPS) is 11.0. The summed E-state index contributed by atoms with van der Waals surface area (Å²) in [4.78, 5) is 33.5. The summed E-state index contributed by atoms with van der Waals surface area (Å²) in [5.74, 6) is 0.374. The number of rotatable bonds is 3. The molecule has 0 radical (unpaired) electrons. The van der Waals surface area contributed by atoms with Gasteiger partial charge in [0.1, 0.15) is 15.4 Å². The summed E-state index contributed by atoms with van der Waals surface area (Å²) < 4.78 is 1.38. The SMILES string of the molecule is CN(Cc1nc2ccsc2c(=O)[nH]1)C(=O)c1sccc1Br. The summed E-state index contributed by atoms with van der Waals surface area (Å²) in [5, 5.41) is 3.68. The van der Waals surface area contributed by atoms with Gasteiger partial charge in [0.15, 0.2) is 0 Å². The smallest absolute Gasteiger partial charge is 0.268 e. The van der Waals surface area contributed by atoms with E-state index >= 15 is 0 Å². The first-order valence-corrected chi connectivity index (χ1v) is 8.56. The molecule has 0 unspecified atom stereocenters. The van der Waals surface area contributed by atoms with Crippen molar-refractivity contribution in [1.82, 2.24) is 14.9 Å². The Labute approximate surface area is 136 Å². The summed E-state index contributed by atoms with van der Waals surface area (Å²) in [6.07, 6.45) is 0. The van der Waals surface area contributed by atoms with Gasteiger partial charge in [-0.25, -0.2) is 4.98 Å². The molecule has 8 heteroatoms. The summed E-state index contributed by atoms with van der Waals surface area (Å²) in [5.41, 5.74) is 0.500. The van der Waals surface area contributed by atoms with Gasteiger partial charge >= 0.3 is 0 Å². The monoisotopic (exact) mass is 383 g/mol. The van der Waals surface area contributed by atoms with Crippen LogP contribution in [0.5, 0.6) is 0 Å². The Kier molecular flexibility index (Phi) is 3.92. The molecular formula is C13H10BrN3O2S2. The predicted molar refractivity (Wildman–Crippen MR) is 88.1 cm³/mol. The molecule has 0 aliphatic heterocycles. The number of hydrogen-bond donors (Lipinski definition) is 1. The Morgan fingerprint density at radius 3 is 2.86 bits per heavy atom. The quantitative estimate of drug-likeness (QED) is 0.755. The Balaban J connectivity index is 1.86. The largest absolute Gasteiger partial charge is 0.334 e. The number of thiophene rings is 2. The molecule has 3 heterocycles. The van der Waals surface area contributed by atoms with Crippen molar-refractivity contribution in [3.63, 3.8) is 0 Å². The molecule has 1 N–H and O–H groups in total. The van der Waals surface area contributed by atoms with E-state index in [0.29, 0.717) is 20.9 Å². The molecule has 0 spiro atoms. The van der Waals surface area contributed by atoms with Crippen LogP contribution in [0, 0.1) is 0 Å². The van der Waals surface area contributed by atoms with Crippen LogP contribution in [0.3, 0.4) is 0 Å². The molecule has 1 amide bonds. The first kappa shape index (κ1) is 14.4. The fourth-order valence-electron chi connectivity index (χ4n) is 1.91. The number of halogens is 1. The first-order valence-electron chi connectivity index (χ1n) is 6.01. The zero-order chi connectivity index (χ0) is 15.0. The molecule has 3 aromatic rings. The molecule has 108 valence electrons. The van der Waals surface area contributed by atoms with Crippen LogP contribution < -0.4 is 5.56 Å². The second-order valence-corrected chi connectivity index (χ2v) is 7.09. The van der Waals surface area contributed by atoms with Crippen molar-refractivity contribution in [2.24, 2.45) is 0 Å². The fraction of sp³-hybridized carbons (Fsp3) is 0.154. The third kappa shape index (κ3) is 2.78. The van der Waals surface area contributed by atoms with Crippen LogP contribution in [0.25, 0.3) is 10.2 Å². The Bertz CT molecular complexity index is 868. The van der Waals surface area contributed by atoms with Crippen LogP contribution in [-0.2, 0) is 6.54 Å². The summed E-state index contributed by atoms with van der Waals surface area (Å²) in [6, 6.07) is 3.64.